The lowest BCUT2D eigenvalue weighted by molar-refractivity contribution is 0.0698. The second-order valence-electron chi connectivity index (χ2n) is 6.42. The Morgan fingerprint density at radius 2 is 1.70 bits per heavy atom. The van der Waals surface area contributed by atoms with Crippen molar-refractivity contribution in [1.29, 1.82) is 0 Å². The van der Waals surface area contributed by atoms with Gasteiger partial charge in [0.25, 0.3) is 11.8 Å². The highest BCUT2D eigenvalue weighted by atomic mass is 19.1. The van der Waals surface area contributed by atoms with Crippen molar-refractivity contribution in [3.05, 3.63) is 66.0 Å². The second-order valence-corrected chi connectivity index (χ2v) is 6.42. The van der Waals surface area contributed by atoms with Gasteiger partial charge in [-0.2, -0.15) is 0 Å². The molecule has 138 valence electrons. The minimum atomic E-state index is -0.451. The monoisotopic (exact) mass is 367 g/mol. The lowest BCUT2D eigenvalue weighted by Gasteiger charge is -2.21. The third kappa shape index (κ3) is 3.40. The number of carbonyl (C=O) groups excluding carboxylic acids is 2. The number of aromatic nitrogens is 1. The summed E-state index contributed by atoms with van der Waals surface area (Å²) < 4.78 is 19.1. The summed E-state index contributed by atoms with van der Waals surface area (Å²) in [5, 5.41) is 0.651. The maximum atomic E-state index is 14.0. The Kier molecular flexibility index (Phi) is 4.58. The summed E-state index contributed by atoms with van der Waals surface area (Å²) in [6.45, 7) is 1.86. The van der Waals surface area contributed by atoms with Crippen LogP contribution in [0.5, 0.6) is 0 Å². The molecule has 3 aromatic rings. The molecule has 0 spiro atoms. The number of para-hydroxylation sites is 1. The summed E-state index contributed by atoms with van der Waals surface area (Å²) in [6.07, 6.45) is 2.12. The Morgan fingerprint density at radius 1 is 0.926 bits per heavy atom. The number of nitrogens with zero attached hydrogens (tertiary/aromatic N) is 3. The van der Waals surface area contributed by atoms with E-state index in [4.69, 9.17) is 4.42 Å². The minimum absolute atomic E-state index is 0.180. The molecule has 0 atom stereocenters. The maximum absolute atomic E-state index is 14.0. The molecule has 0 unspecified atom stereocenters. The van der Waals surface area contributed by atoms with Gasteiger partial charge in [-0.25, -0.2) is 9.37 Å². The number of hydrogen-bond acceptors (Lipinski definition) is 4. The first-order chi connectivity index (χ1) is 13.1. The van der Waals surface area contributed by atoms with Crippen molar-refractivity contribution in [3.8, 4) is 0 Å². The average Bonchev–Trinajstić information content (AvgIpc) is 3.12. The van der Waals surface area contributed by atoms with Gasteiger partial charge in [0.05, 0.1) is 6.26 Å². The highest BCUT2D eigenvalue weighted by Crippen LogP contribution is 2.18. The van der Waals surface area contributed by atoms with Gasteiger partial charge in [-0.15, -0.1) is 0 Å². The quantitative estimate of drug-likeness (QED) is 0.698. The van der Waals surface area contributed by atoms with Gasteiger partial charge in [-0.1, -0.05) is 18.2 Å². The first kappa shape index (κ1) is 17.2. The van der Waals surface area contributed by atoms with Gasteiger partial charge in [-0.05, 0) is 30.7 Å². The molecule has 1 saturated heterocycles. The van der Waals surface area contributed by atoms with E-state index in [-0.39, 0.29) is 23.0 Å². The summed E-state index contributed by atoms with van der Waals surface area (Å²) in [6, 6.07) is 11.3. The lowest BCUT2D eigenvalue weighted by atomic mass is 10.2. The number of benzene rings is 1. The molecule has 1 aromatic carbocycles. The summed E-state index contributed by atoms with van der Waals surface area (Å²) in [5.74, 6) is -0.595. The van der Waals surface area contributed by atoms with Crippen LogP contribution in [0.15, 0.2) is 53.1 Å². The van der Waals surface area contributed by atoms with Crippen molar-refractivity contribution < 1.29 is 18.4 Å². The van der Waals surface area contributed by atoms with E-state index < -0.39 is 5.82 Å². The summed E-state index contributed by atoms with van der Waals surface area (Å²) in [4.78, 5) is 32.8. The molecule has 0 bridgehead atoms. The molecule has 0 aliphatic carbocycles. The molecule has 3 heterocycles. The molecule has 1 fully saturated rings. The van der Waals surface area contributed by atoms with Gasteiger partial charge in [0, 0.05) is 31.6 Å². The molecule has 1 aliphatic heterocycles. The number of carbonyl (C=O) groups is 2. The summed E-state index contributed by atoms with van der Waals surface area (Å²) in [7, 11) is 0. The van der Waals surface area contributed by atoms with Crippen molar-refractivity contribution in [2.45, 2.75) is 6.42 Å². The van der Waals surface area contributed by atoms with Crippen LogP contribution in [0.2, 0.25) is 0 Å². The van der Waals surface area contributed by atoms with Crippen LogP contribution in [0, 0.1) is 5.82 Å². The van der Waals surface area contributed by atoms with Gasteiger partial charge in [0.1, 0.15) is 17.0 Å². The Labute approximate surface area is 155 Å². The van der Waals surface area contributed by atoms with Crippen LogP contribution in [-0.2, 0) is 0 Å². The Hall–Kier alpha value is -3.22. The van der Waals surface area contributed by atoms with Crippen LogP contribution < -0.4 is 0 Å². The van der Waals surface area contributed by atoms with Crippen molar-refractivity contribution in [1.82, 2.24) is 14.8 Å². The van der Waals surface area contributed by atoms with Crippen LogP contribution >= 0.6 is 0 Å². The van der Waals surface area contributed by atoms with Gasteiger partial charge < -0.3 is 14.2 Å². The molecular weight excluding hydrogens is 349 g/mol. The molecule has 27 heavy (non-hydrogen) atoms. The molecule has 4 rings (SSSR count). The van der Waals surface area contributed by atoms with Crippen molar-refractivity contribution in [2.75, 3.05) is 26.2 Å². The van der Waals surface area contributed by atoms with E-state index in [2.05, 4.69) is 4.98 Å². The smallest absolute Gasteiger partial charge is 0.289 e. The molecular formula is C20H18FN3O3. The number of amides is 2. The van der Waals surface area contributed by atoms with Crippen LogP contribution in [0.3, 0.4) is 0 Å². The fourth-order valence-corrected chi connectivity index (χ4v) is 3.27. The van der Waals surface area contributed by atoms with Crippen molar-refractivity contribution >= 4 is 22.7 Å². The van der Waals surface area contributed by atoms with E-state index in [0.717, 1.165) is 0 Å². The van der Waals surface area contributed by atoms with E-state index in [1.54, 1.807) is 46.2 Å². The zero-order valence-corrected chi connectivity index (χ0v) is 14.6. The molecule has 2 amide bonds. The van der Waals surface area contributed by atoms with Gasteiger partial charge >= 0.3 is 0 Å². The van der Waals surface area contributed by atoms with Gasteiger partial charge in [0.2, 0.25) is 0 Å². The van der Waals surface area contributed by atoms with Gasteiger partial charge in [0.15, 0.2) is 5.76 Å². The number of pyridine rings is 1. The number of rotatable bonds is 2. The van der Waals surface area contributed by atoms with Crippen LogP contribution in [0.4, 0.5) is 4.39 Å². The standard InChI is InChI=1S/C20H18FN3O3/c21-15-5-1-4-14-7-8-16(22-18(14)15)19(25)23-9-3-10-24(12-11-23)20(26)17-6-2-13-27-17/h1-2,4-8,13H,3,9-12H2. The summed E-state index contributed by atoms with van der Waals surface area (Å²) >= 11 is 0. The second kappa shape index (κ2) is 7.19. The summed E-state index contributed by atoms with van der Waals surface area (Å²) in [5.41, 5.74) is 0.395. The number of halogens is 1. The van der Waals surface area contributed by atoms with Crippen molar-refractivity contribution in [2.24, 2.45) is 0 Å². The molecule has 0 N–H and O–H groups in total. The first-order valence-corrected chi connectivity index (χ1v) is 8.81. The Balaban J connectivity index is 1.50. The predicted molar refractivity (Wildman–Crippen MR) is 96.8 cm³/mol. The minimum Gasteiger partial charge on any atom is -0.459 e. The SMILES string of the molecule is O=C(c1ccc2cccc(F)c2n1)N1CCCN(C(=O)c2ccco2)CC1. The zero-order chi connectivity index (χ0) is 18.8. The number of fused-ring (bicyclic) bond motifs is 1. The Morgan fingerprint density at radius 3 is 2.44 bits per heavy atom. The largest absolute Gasteiger partial charge is 0.459 e. The number of hydrogen-bond donors (Lipinski definition) is 0. The predicted octanol–water partition coefficient (Wildman–Crippen LogP) is 2.96. The fourth-order valence-electron chi connectivity index (χ4n) is 3.27. The Bertz CT molecular complexity index is 987. The normalized spacial score (nSPS) is 15.0. The van der Waals surface area contributed by atoms with Gasteiger partial charge in [-0.3, -0.25) is 9.59 Å². The highest BCUT2D eigenvalue weighted by Gasteiger charge is 2.25. The third-order valence-electron chi connectivity index (χ3n) is 4.69. The van der Waals surface area contributed by atoms with E-state index in [0.29, 0.717) is 43.7 Å². The topological polar surface area (TPSA) is 66.7 Å². The zero-order valence-electron chi connectivity index (χ0n) is 14.6. The molecule has 0 saturated carbocycles. The van der Waals surface area contributed by atoms with E-state index >= 15 is 0 Å². The van der Waals surface area contributed by atoms with E-state index in [9.17, 15) is 14.0 Å². The van der Waals surface area contributed by atoms with E-state index in [1.807, 2.05) is 0 Å². The van der Waals surface area contributed by atoms with Crippen LogP contribution in [0.1, 0.15) is 27.5 Å². The molecule has 2 aromatic heterocycles. The molecule has 6 nitrogen and oxygen atoms in total. The maximum Gasteiger partial charge on any atom is 0.289 e. The van der Waals surface area contributed by atoms with Crippen molar-refractivity contribution in [3.63, 3.8) is 0 Å². The third-order valence-corrected chi connectivity index (χ3v) is 4.69. The number of furan rings is 1. The van der Waals surface area contributed by atoms with Crippen LogP contribution in [-0.4, -0.2) is 52.8 Å². The average molecular weight is 367 g/mol. The first-order valence-electron chi connectivity index (χ1n) is 8.81. The van der Waals surface area contributed by atoms with Crippen LogP contribution in [0.25, 0.3) is 10.9 Å². The highest BCUT2D eigenvalue weighted by molar-refractivity contribution is 5.95. The van der Waals surface area contributed by atoms with E-state index in [1.165, 1.54) is 12.3 Å². The lowest BCUT2D eigenvalue weighted by Crippen LogP contribution is -2.37. The molecule has 7 heteroatoms. The molecule has 1 aliphatic rings. The fraction of sp³-hybridized carbons (Fsp3) is 0.250. The molecule has 0 radical (unpaired) electrons.